The topological polar surface area (TPSA) is 49.5 Å². The zero-order valence-corrected chi connectivity index (χ0v) is 11.2. The van der Waals surface area contributed by atoms with Gasteiger partial charge >= 0.3 is 0 Å². The maximum absolute atomic E-state index is 9.26. The molecule has 100 valence electrons. The van der Waals surface area contributed by atoms with E-state index in [-0.39, 0.29) is 6.61 Å². The Kier molecular flexibility index (Phi) is 4.42. The molecule has 3 heteroatoms. The van der Waals surface area contributed by atoms with Crippen molar-refractivity contribution in [2.75, 3.05) is 23.8 Å². The predicted octanol–water partition coefficient (Wildman–Crippen LogP) is 2.58. The second kappa shape index (κ2) is 6.25. The summed E-state index contributed by atoms with van der Waals surface area (Å²) in [6.07, 6.45) is 0. The zero-order valence-electron chi connectivity index (χ0n) is 11.2. The van der Waals surface area contributed by atoms with Crippen molar-refractivity contribution >= 4 is 11.4 Å². The van der Waals surface area contributed by atoms with Gasteiger partial charge in [-0.05, 0) is 30.2 Å². The third kappa shape index (κ3) is 3.48. The fourth-order valence-electron chi connectivity index (χ4n) is 2.18. The molecule has 0 amide bonds. The molecule has 0 saturated carbocycles. The van der Waals surface area contributed by atoms with Gasteiger partial charge in [0.05, 0.1) is 6.61 Å². The quantitative estimate of drug-likeness (QED) is 0.808. The maximum Gasteiger partial charge on any atom is 0.0606 e. The SMILES string of the molecule is Cc1ccc(N)cc1N(CCO)Cc1ccccc1. The first-order chi connectivity index (χ1) is 9.20. The van der Waals surface area contributed by atoms with Crippen LogP contribution in [0.5, 0.6) is 0 Å². The molecule has 2 aromatic rings. The molecular weight excluding hydrogens is 236 g/mol. The van der Waals surface area contributed by atoms with E-state index in [1.54, 1.807) is 0 Å². The summed E-state index contributed by atoms with van der Waals surface area (Å²) in [5, 5.41) is 9.26. The zero-order chi connectivity index (χ0) is 13.7. The molecule has 19 heavy (non-hydrogen) atoms. The van der Waals surface area contributed by atoms with Crippen LogP contribution in [0.25, 0.3) is 0 Å². The summed E-state index contributed by atoms with van der Waals surface area (Å²) < 4.78 is 0. The maximum atomic E-state index is 9.26. The summed E-state index contributed by atoms with van der Waals surface area (Å²) in [5.41, 5.74) is 10.1. The van der Waals surface area contributed by atoms with E-state index in [0.717, 1.165) is 17.9 Å². The van der Waals surface area contributed by atoms with Crippen LogP contribution in [0.1, 0.15) is 11.1 Å². The first kappa shape index (κ1) is 13.4. The number of nitrogens with zero attached hydrogens (tertiary/aromatic N) is 1. The van der Waals surface area contributed by atoms with Crippen LogP contribution in [0.15, 0.2) is 48.5 Å². The van der Waals surface area contributed by atoms with Crippen LogP contribution < -0.4 is 10.6 Å². The fraction of sp³-hybridized carbons (Fsp3) is 0.250. The highest BCUT2D eigenvalue weighted by Crippen LogP contribution is 2.24. The molecule has 0 bridgehead atoms. The molecule has 0 aromatic heterocycles. The Labute approximate surface area is 114 Å². The molecular formula is C16H20N2O. The molecule has 3 N–H and O–H groups in total. The van der Waals surface area contributed by atoms with Gasteiger partial charge in [0, 0.05) is 24.5 Å². The van der Waals surface area contributed by atoms with E-state index in [0.29, 0.717) is 6.54 Å². The van der Waals surface area contributed by atoms with E-state index in [2.05, 4.69) is 24.0 Å². The molecule has 2 rings (SSSR count). The smallest absolute Gasteiger partial charge is 0.0606 e. The molecule has 0 atom stereocenters. The van der Waals surface area contributed by atoms with E-state index in [1.165, 1.54) is 11.1 Å². The number of hydrogen-bond donors (Lipinski definition) is 2. The highest BCUT2D eigenvalue weighted by molar-refractivity contribution is 5.61. The molecule has 0 heterocycles. The van der Waals surface area contributed by atoms with Gasteiger partial charge in [-0.2, -0.15) is 0 Å². The molecule has 0 fully saturated rings. The number of aliphatic hydroxyl groups excluding tert-OH is 1. The lowest BCUT2D eigenvalue weighted by Gasteiger charge is -2.26. The van der Waals surface area contributed by atoms with E-state index in [1.807, 2.05) is 36.4 Å². The van der Waals surface area contributed by atoms with Crippen LogP contribution >= 0.6 is 0 Å². The van der Waals surface area contributed by atoms with Gasteiger partial charge < -0.3 is 15.7 Å². The molecule has 0 aliphatic carbocycles. The first-order valence-electron chi connectivity index (χ1n) is 6.46. The molecule has 0 saturated heterocycles. The lowest BCUT2D eigenvalue weighted by atomic mass is 10.1. The average Bonchev–Trinajstić information content (AvgIpc) is 2.42. The molecule has 0 aliphatic rings. The number of aryl methyl sites for hydroxylation is 1. The van der Waals surface area contributed by atoms with E-state index in [4.69, 9.17) is 5.73 Å². The van der Waals surface area contributed by atoms with Gasteiger partial charge in [0.1, 0.15) is 0 Å². The largest absolute Gasteiger partial charge is 0.399 e. The number of nitrogen functional groups attached to an aromatic ring is 1. The van der Waals surface area contributed by atoms with Gasteiger partial charge in [0.2, 0.25) is 0 Å². The van der Waals surface area contributed by atoms with Crippen molar-refractivity contribution in [2.24, 2.45) is 0 Å². The Hall–Kier alpha value is -2.00. The third-order valence-electron chi connectivity index (χ3n) is 3.16. The van der Waals surface area contributed by atoms with Crippen molar-refractivity contribution in [1.29, 1.82) is 0 Å². The van der Waals surface area contributed by atoms with E-state index < -0.39 is 0 Å². The lowest BCUT2D eigenvalue weighted by Crippen LogP contribution is -2.26. The molecule has 0 aliphatic heterocycles. The van der Waals surface area contributed by atoms with Crippen molar-refractivity contribution < 1.29 is 5.11 Å². The minimum atomic E-state index is 0.126. The van der Waals surface area contributed by atoms with Crippen molar-refractivity contribution in [1.82, 2.24) is 0 Å². The van der Waals surface area contributed by atoms with Gasteiger partial charge in [-0.3, -0.25) is 0 Å². The molecule has 3 nitrogen and oxygen atoms in total. The monoisotopic (exact) mass is 256 g/mol. The summed E-state index contributed by atoms with van der Waals surface area (Å²) in [6, 6.07) is 16.1. The third-order valence-corrected chi connectivity index (χ3v) is 3.16. The van der Waals surface area contributed by atoms with Gasteiger partial charge in [0.25, 0.3) is 0 Å². The predicted molar refractivity (Wildman–Crippen MR) is 80.2 cm³/mol. The average molecular weight is 256 g/mol. The van der Waals surface area contributed by atoms with Crippen LogP contribution in [0.2, 0.25) is 0 Å². The Morgan fingerprint density at radius 2 is 1.84 bits per heavy atom. The number of hydrogen-bond acceptors (Lipinski definition) is 3. The summed E-state index contributed by atoms with van der Waals surface area (Å²) in [7, 11) is 0. The summed E-state index contributed by atoms with van der Waals surface area (Å²) in [4.78, 5) is 2.15. The van der Waals surface area contributed by atoms with Gasteiger partial charge in [-0.25, -0.2) is 0 Å². The van der Waals surface area contributed by atoms with E-state index >= 15 is 0 Å². The Morgan fingerprint density at radius 3 is 2.53 bits per heavy atom. The number of nitrogens with two attached hydrogens (primary N) is 1. The number of rotatable bonds is 5. The van der Waals surface area contributed by atoms with Crippen molar-refractivity contribution in [3.8, 4) is 0 Å². The lowest BCUT2D eigenvalue weighted by molar-refractivity contribution is 0.301. The van der Waals surface area contributed by atoms with Crippen molar-refractivity contribution in [3.05, 3.63) is 59.7 Å². The summed E-state index contributed by atoms with van der Waals surface area (Å²) >= 11 is 0. The van der Waals surface area contributed by atoms with Gasteiger partial charge in [0.15, 0.2) is 0 Å². The van der Waals surface area contributed by atoms with Crippen LogP contribution in [-0.4, -0.2) is 18.3 Å². The van der Waals surface area contributed by atoms with Crippen LogP contribution in [0, 0.1) is 6.92 Å². The van der Waals surface area contributed by atoms with E-state index in [9.17, 15) is 5.11 Å². The Morgan fingerprint density at radius 1 is 1.11 bits per heavy atom. The van der Waals surface area contributed by atoms with Crippen LogP contribution in [0.4, 0.5) is 11.4 Å². The molecule has 2 aromatic carbocycles. The minimum Gasteiger partial charge on any atom is -0.399 e. The highest BCUT2D eigenvalue weighted by Gasteiger charge is 2.10. The van der Waals surface area contributed by atoms with Gasteiger partial charge in [-0.1, -0.05) is 36.4 Å². The standard InChI is InChI=1S/C16H20N2O/c1-13-7-8-15(17)11-16(13)18(9-10-19)12-14-5-3-2-4-6-14/h2-8,11,19H,9-10,12,17H2,1H3. The normalized spacial score (nSPS) is 10.4. The Balaban J connectivity index is 2.27. The molecule has 0 unspecified atom stereocenters. The minimum absolute atomic E-state index is 0.126. The number of benzene rings is 2. The van der Waals surface area contributed by atoms with Crippen LogP contribution in [-0.2, 0) is 6.54 Å². The summed E-state index contributed by atoms with van der Waals surface area (Å²) in [5.74, 6) is 0. The Bertz CT molecular complexity index is 526. The highest BCUT2D eigenvalue weighted by atomic mass is 16.3. The molecule has 0 spiro atoms. The molecule has 0 radical (unpaired) electrons. The van der Waals surface area contributed by atoms with Crippen molar-refractivity contribution in [2.45, 2.75) is 13.5 Å². The number of aliphatic hydroxyl groups is 1. The number of anilines is 2. The van der Waals surface area contributed by atoms with Crippen LogP contribution in [0.3, 0.4) is 0 Å². The second-order valence-electron chi connectivity index (χ2n) is 4.68. The fourth-order valence-corrected chi connectivity index (χ4v) is 2.18. The van der Waals surface area contributed by atoms with Crippen molar-refractivity contribution in [3.63, 3.8) is 0 Å². The first-order valence-corrected chi connectivity index (χ1v) is 6.46. The van der Waals surface area contributed by atoms with Gasteiger partial charge in [-0.15, -0.1) is 0 Å². The second-order valence-corrected chi connectivity index (χ2v) is 4.68. The summed E-state index contributed by atoms with van der Waals surface area (Å²) in [6.45, 7) is 3.55.